The molecule has 1 heterocycles. The summed E-state index contributed by atoms with van der Waals surface area (Å²) in [6.45, 7) is 0.287. The number of benzene rings is 1. The molecule has 1 aromatic rings. The fourth-order valence-electron chi connectivity index (χ4n) is 3.87. The van der Waals surface area contributed by atoms with Gasteiger partial charge in [-0.1, -0.05) is 30.3 Å². The van der Waals surface area contributed by atoms with Gasteiger partial charge in [-0.3, -0.25) is 19.2 Å². The summed E-state index contributed by atoms with van der Waals surface area (Å²) >= 11 is 1.48. The number of thioether (sulfide) groups is 1. The first-order valence-corrected chi connectivity index (χ1v) is 12.7. The number of carbonyl (C=O) groups is 5. The predicted molar refractivity (Wildman–Crippen MR) is 130 cm³/mol. The maximum Gasteiger partial charge on any atom is 0.326 e. The summed E-state index contributed by atoms with van der Waals surface area (Å²) in [6, 6.07) is 4.48. The molecule has 0 saturated carbocycles. The summed E-state index contributed by atoms with van der Waals surface area (Å²) in [5.41, 5.74) is 6.39. The molecule has 0 aliphatic carbocycles. The number of carbonyl (C=O) groups excluding carboxylic acids is 3. The van der Waals surface area contributed by atoms with Crippen LogP contribution in [0.25, 0.3) is 0 Å². The standard InChI is InChI=1S/C23H32N4O7S/c1-35-11-9-16(22(32)27-10-5-8-18(27)23(33)34)25-21(31)17(12-14-6-3-2-4-7-14)26-20(30)15(24)13-19(28)29/h2-4,6-7,15-18H,5,8-13,24H2,1H3,(H,25,31)(H,26,30)(H,28,29)(H,33,34). The van der Waals surface area contributed by atoms with E-state index in [2.05, 4.69) is 10.6 Å². The van der Waals surface area contributed by atoms with E-state index in [1.54, 1.807) is 30.3 Å². The van der Waals surface area contributed by atoms with Crippen molar-refractivity contribution in [2.45, 2.75) is 56.3 Å². The van der Waals surface area contributed by atoms with E-state index < -0.39 is 60.2 Å². The highest BCUT2D eigenvalue weighted by molar-refractivity contribution is 7.98. The van der Waals surface area contributed by atoms with Gasteiger partial charge >= 0.3 is 11.9 Å². The zero-order chi connectivity index (χ0) is 26.0. The summed E-state index contributed by atoms with van der Waals surface area (Å²) in [5.74, 6) is -3.73. The Labute approximate surface area is 207 Å². The Hall–Kier alpha value is -3.12. The van der Waals surface area contributed by atoms with Crippen LogP contribution in [0, 0.1) is 0 Å². The van der Waals surface area contributed by atoms with E-state index in [1.807, 2.05) is 6.26 Å². The fraction of sp³-hybridized carbons (Fsp3) is 0.522. The number of nitrogens with zero attached hydrogens (tertiary/aromatic N) is 1. The van der Waals surface area contributed by atoms with Crippen molar-refractivity contribution in [1.82, 2.24) is 15.5 Å². The molecule has 1 saturated heterocycles. The largest absolute Gasteiger partial charge is 0.481 e. The quantitative estimate of drug-likeness (QED) is 0.242. The van der Waals surface area contributed by atoms with Gasteiger partial charge in [-0.15, -0.1) is 0 Å². The molecule has 11 nitrogen and oxygen atoms in total. The van der Waals surface area contributed by atoms with Crippen LogP contribution in [-0.4, -0.2) is 87.5 Å². The lowest BCUT2D eigenvalue weighted by molar-refractivity contribution is -0.149. The average molecular weight is 509 g/mol. The molecule has 1 fully saturated rings. The second kappa shape index (κ2) is 13.7. The molecular formula is C23H32N4O7S. The molecule has 192 valence electrons. The minimum absolute atomic E-state index is 0.0864. The number of nitrogens with one attached hydrogen (secondary N) is 2. The van der Waals surface area contributed by atoms with E-state index in [9.17, 15) is 29.1 Å². The smallest absolute Gasteiger partial charge is 0.326 e. The van der Waals surface area contributed by atoms with Crippen LogP contribution in [0.1, 0.15) is 31.2 Å². The van der Waals surface area contributed by atoms with Gasteiger partial charge in [0.1, 0.15) is 18.1 Å². The van der Waals surface area contributed by atoms with Crippen molar-refractivity contribution < 1.29 is 34.2 Å². The van der Waals surface area contributed by atoms with Crippen molar-refractivity contribution in [2.75, 3.05) is 18.6 Å². The van der Waals surface area contributed by atoms with Crippen LogP contribution in [0.4, 0.5) is 0 Å². The average Bonchev–Trinajstić information content (AvgIpc) is 3.31. The Morgan fingerprint density at radius 2 is 1.74 bits per heavy atom. The number of hydrogen-bond donors (Lipinski definition) is 5. The molecule has 0 aromatic heterocycles. The number of likely N-dealkylation sites (tertiary alicyclic amines) is 1. The SMILES string of the molecule is CSCCC(NC(=O)C(Cc1ccccc1)NC(=O)C(N)CC(=O)O)C(=O)N1CCCC1C(=O)O. The lowest BCUT2D eigenvalue weighted by Gasteiger charge is -2.29. The van der Waals surface area contributed by atoms with Crippen molar-refractivity contribution >= 4 is 41.4 Å². The molecule has 4 unspecified atom stereocenters. The Balaban J connectivity index is 2.21. The second-order valence-corrected chi connectivity index (χ2v) is 9.31. The van der Waals surface area contributed by atoms with Crippen molar-refractivity contribution in [1.29, 1.82) is 0 Å². The molecule has 0 spiro atoms. The normalized spacial score (nSPS) is 17.8. The van der Waals surface area contributed by atoms with E-state index in [-0.39, 0.29) is 19.4 Å². The molecule has 3 amide bonds. The fourth-order valence-corrected chi connectivity index (χ4v) is 4.34. The molecule has 0 bridgehead atoms. The maximum absolute atomic E-state index is 13.3. The minimum atomic E-state index is -1.35. The van der Waals surface area contributed by atoms with Gasteiger partial charge in [0.25, 0.3) is 0 Å². The number of carboxylic acids is 2. The van der Waals surface area contributed by atoms with Crippen LogP contribution in [0.15, 0.2) is 30.3 Å². The summed E-state index contributed by atoms with van der Waals surface area (Å²) in [4.78, 5) is 62.7. The Kier molecular flexibility index (Phi) is 11.0. The Bertz CT molecular complexity index is 914. The monoisotopic (exact) mass is 508 g/mol. The van der Waals surface area contributed by atoms with E-state index >= 15 is 0 Å². The third-order valence-electron chi connectivity index (χ3n) is 5.69. The lowest BCUT2D eigenvalue weighted by atomic mass is 10.0. The van der Waals surface area contributed by atoms with E-state index in [0.29, 0.717) is 18.6 Å². The lowest BCUT2D eigenvalue weighted by Crippen LogP contribution is -2.57. The van der Waals surface area contributed by atoms with Gasteiger partial charge < -0.3 is 31.5 Å². The number of rotatable bonds is 13. The molecule has 12 heteroatoms. The van der Waals surface area contributed by atoms with Gasteiger partial charge in [0, 0.05) is 13.0 Å². The highest BCUT2D eigenvalue weighted by Gasteiger charge is 2.38. The maximum atomic E-state index is 13.3. The van der Waals surface area contributed by atoms with Gasteiger partial charge in [-0.25, -0.2) is 4.79 Å². The summed E-state index contributed by atoms with van der Waals surface area (Å²) in [7, 11) is 0. The minimum Gasteiger partial charge on any atom is -0.481 e. The van der Waals surface area contributed by atoms with Crippen LogP contribution in [0.3, 0.4) is 0 Å². The second-order valence-electron chi connectivity index (χ2n) is 8.33. The predicted octanol–water partition coefficient (Wildman–Crippen LogP) is -0.171. The van der Waals surface area contributed by atoms with Gasteiger partial charge in [0.2, 0.25) is 17.7 Å². The molecule has 1 aliphatic heterocycles. The van der Waals surface area contributed by atoms with E-state index in [1.165, 1.54) is 16.7 Å². The number of carboxylic acid groups (broad SMARTS) is 2. The molecular weight excluding hydrogens is 476 g/mol. The first-order chi connectivity index (χ1) is 16.6. The molecule has 1 aromatic carbocycles. The number of nitrogens with two attached hydrogens (primary N) is 1. The first-order valence-electron chi connectivity index (χ1n) is 11.3. The van der Waals surface area contributed by atoms with Gasteiger partial charge in [0.05, 0.1) is 12.5 Å². The highest BCUT2D eigenvalue weighted by Crippen LogP contribution is 2.20. The summed E-state index contributed by atoms with van der Waals surface area (Å²) < 4.78 is 0. The van der Waals surface area contributed by atoms with Crippen molar-refractivity contribution in [2.24, 2.45) is 5.73 Å². The van der Waals surface area contributed by atoms with Crippen LogP contribution in [-0.2, 0) is 30.4 Å². The number of hydrogen-bond acceptors (Lipinski definition) is 7. The molecule has 4 atom stereocenters. The molecule has 0 radical (unpaired) electrons. The molecule has 2 rings (SSSR count). The highest BCUT2D eigenvalue weighted by atomic mass is 32.2. The van der Waals surface area contributed by atoms with Crippen molar-refractivity contribution in [3.63, 3.8) is 0 Å². The summed E-state index contributed by atoms with van der Waals surface area (Å²) in [6.07, 6.45) is 2.51. The van der Waals surface area contributed by atoms with Gasteiger partial charge in [-0.05, 0) is 36.8 Å². The molecule has 1 aliphatic rings. The van der Waals surface area contributed by atoms with E-state index in [4.69, 9.17) is 10.8 Å². The van der Waals surface area contributed by atoms with Crippen LogP contribution in [0.2, 0.25) is 0 Å². The molecule has 6 N–H and O–H groups in total. The number of amides is 3. The van der Waals surface area contributed by atoms with Gasteiger partial charge in [0.15, 0.2) is 0 Å². The zero-order valence-electron chi connectivity index (χ0n) is 19.5. The third kappa shape index (κ3) is 8.55. The molecule has 35 heavy (non-hydrogen) atoms. The Morgan fingerprint density at radius 3 is 2.34 bits per heavy atom. The first kappa shape index (κ1) is 28.1. The number of aliphatic carboxylic acids is 2. The van der Waals surface area contributed by atoms with Crippen molar-refractivity contribution in [3.05, 3.63) is 35.9 Å². The zero-order valence-corrected chi connectivity index (χ0v) is 20.3. The Morgan fingerprint density at radius 1 is 1.09 bits per heavy atom. The van der Waals surface area contributed by atoms with Crippen LogP contribution in [0.5, 0.6) is 0 Å². The topological polar surface area (TPSA) is 179 Å². The van der Waals surface area contributed by atoms with Crippen molar-refractivity contribution in [3.8, 4) is 0 Å². The van der Waals surface area contributed by atoms with Gasteiger partial charge in [-0.2, -0.15) is 11.8 Å². The summed E-state index contributed by atoms with van der Waals surface area (Å²) in [5, 5.41) is 23.6. The third-order valence-corrected chi connectivity index (χ3v) is 6.34. The van der Waals surface area contributed by atoms with Crippen LogP contribution >= 0.6 is 11.8 Å². The van der Waals surface area contributed by atoms with E-state index in [0.717, 1.165) is 5.56 Å². The van der Waals surface area contributed by atoms with Crippen LogP contribution < -0.4 is 16.4 Å².